The molecule has 0 radical (unpaired) electrons. The molecule has 1 unspecified atom stereocenters. The van der Waals surface area contributed by atoms with Gasteiger partial charge in [0.1, 0.15) is 0 Å². The minimum absolute atomic E-state index is 0.408. The maximum absolute atomic E-state index is 5.15. The number of ether oxygens (including phenoxy) is 1. The Hall–Kier alpha value is -2.53. The van der Waals surface area contributed by atoms with Gasteiger partial charge in [-0.25, -0.2) is 0 Å². The topological polar surface area (TPSA) is 48.9 Å². The third-order valence-electron chi connectivity index (χ3n) is 4.67. The first-order chi connectivity index (χ1) is 12.8. The molecule has 1 fully saturated rings. The smallest absolute Gasteiger partial charge is 0.191 e. The van der Waals surface area contributed by atoms with E-state index in [1.54, 1.807) is 7.11 Å². The second kappa shape index (κ2) is 9.25. The van der Waals surface area contributed by atoms with Gasteiger partial charge in [-0.2, -0.15) is 0 Å². The van der Waals surface area contributed by atoms with E-state index in [-0.39, 0.29) is 0 Å². The Kier molecular flexibility index (Phi) is 6.50. The maximum Gasteiger partial charge on any atom is 0.191 e. The fourth-order valence-electron chi connectivity index (χ4n) is 3.25. The van der Waals surface area contributed by atoms with Gasteiger partial charge in [0.25, 0.3) is 0 Å². The van der Waals surface area contributed by atoms with Crippen LogP contribution in [0.2, 0.25) is 0 Å². The van der Waals surface area contributed by atoms with Crippen LogP contribution in [-0.4, -0.2) is 39.2 Å². The number of rotatable bonds is 6. The average Bonchev–Trinajstić information content (AvgIpc) is 3.16. The van der Waals surface area contributed by atoms with E-state index in [0.717, 1.165) is 32.0 Å². The summed E-state index contributed by atoms with van der Waals surface area (Å²) in [5.74, 6) is 0.853. The SMILES string of the molecule is CN=C(NCc1ccc(COC)cc1)NC1CCN(c2ccccc2)C1. The molecule has 138 valence electrons. The number of hydrogen-bond donors (Lipinski definition) is 2. The monoisotopic (exact) mass is 352 g/mol. The number of anilines is 1. The largest absolute Gasteiger partial charge is 0.380 e. The lowest BCUT2D eigenvalue weighted by molar-refractivity contribution is 0.185. The Labute approximate surface area is 156 Å². The molecule has 0 amide bonds. The van der Waals surface area contributed by atoms with Crippen LogP contribution in [0.1, 0.15) is 17.5 Å². The predicted octanol–water partition coefficient (Wildman–Crippen LogP) is 2.78. The van der Waals surface area contributed by atoms with Gasteiger partial charge in [-0.1, -0.05) is 42.5 Å². The van der Waals surface area contributed by atoms with Crippen molar-refractivity contribution in [3.63, 3.8) is 0 Å². The Bertz CT molecular complexity index is 700. The number of nitrogens with zero attached hydrogens (tertiary/aromatic N) is 2. The summed E-state index contributed by atoms with van der Waals surface area (Å²) in [6, 6.07) is 19.4. The predicted molar refractivity (Wildman–Crippen MR) is 108 cm³/mol. The third kappa shape index (κ3) is 4.99. The average molecular weight is 352 g/mol. The van der Waals surface area contributed by atoms with E-state index in [9.17, 15) is 0 Å². The number of nitrogens with one attached hydrogen (secondary N) is 2. The Morgan fingerprint density at radius 3 is 2.54 bits per heavy atom. The molecule has 26 heavy (non-hydrogen) atoms. The van der Waals surface area contributed by atoms with Gasteiger partial charge in [0.05, 0.1) is 6.61 Å². The fourth-order valence-corrected chi connectivity index (χ4v) is 3.25. The first kappa shape index (κ1) is 18.3. The van der Waals surface area contributed by atoms with Crippen LogP contribution >= 0.6 is 0 Å². The highest BCUT2D eigenvalue weighted by Crippen LogP contribution is 2.19. The van der Waals surface area contributed by atoms with Gasteiger partial charge in [-0.15, -0.1) is 0 Å². The van der Waals surface area contributed by atoms with Crippen molar-refractivity contribution in [2.45, 2.75) is 25.6 Å². The first-order valence-electron chi connectivity index (χ1n) is 9.12. The minimum atomic E-state index is 0.408. The summed E-state index contributed by atoms with van der Waals surface area (Å²) in [6.45, 7) is 3.47. The van der Waals surface area contributed by atoms with Crippen LogP contribution in [0.5, 0.6) is 0 Å². The van der Waals surface area contributed by atoms with Gasteiger partial charge >= 0.3 is 0 Å². The molecule has 2 aromatic rings. The summed E-state index contributed by atoms with van der Waals surface area (Å²) in [7, 11) is 3.54. The summed E-state index contributed by atoms with van der Waals surface area (Å²) in [6.07, 6.45) is 1.11. The van der Waals surface area contributed by atoms with Crippen LogP contribution in [0.4, 0.5) is 5.69 Å². The highest BCUT2D eigenvalue weighted by molar-refractivity contribution is 5.80. The Balaban J connectivity index is 1.48. The quantitative estimate of drug-likeness (QED) is 0.620. The third-order valence-corrected chi connectivity index (χ3v) is 4.67. The molecule has 1 aliphatic heterocycles. The van der Waals surface area contributed by atoms with Crippen molar-refractivity contribution < 1.29 is 4.74 Å². The summed E-state index contributed by atoms with van der Waals surface area (Å²) >= 11 is 0. The molecule has 3 rings (SSSR count). The van der Waals surface area contributed by atoms with Gasteiger partial charge in [0.2, 0.25) is 0 Å². The molecule has 1 atom stereocenters. The van der Waals surface area contributed by atoms with E-state index in [1.807, 2.05) is 7.05 Å². The maximum atomic E-state index is 5.15. The molecule has 0 aromatic heterocycles. The zero-order valence-corrected chi connectivity index (χ0v) is 15.6. The van der Waals surface area contributed by atoms with E-state index in [2.05, 4.69) is 75.1 Å². The Morgan fingerprint density at radius 1 is 1.12 bits per heavy atom. The van der Waals surface area contributed by atoms with Crippen molar-refractivity contribution in [1.29, 1.82) is 0 Å². The van der Waals surface area contributed by atoms with Gasteiger partial charge in [-0.05, 0) is 29.7 Å². The summed E-state index contributed by atoms with van der Waals surface area (Å²) < 4.78 is 5.15. The molecule has 2 N–H and O–H groups in total. The molecule has 0 aliphatic carbocycles. The number of methoxy groups -OCH3 is 1. The lowest BCUT2D eigenvalue weighted by atomic mass is 10.1. The molecular formula is C21H28N4O. The minimum Gasteiger partial charge on any atom is -0.380 e. The molecular weight excluding hydrogens is 324 g/mol. The molecule has 1 saturated heterocycles. The first-order valence-corrected chi connectivity index (χ1v) is 9.12. The van der Waals surface area contributed by atoms with Crippen molar-refractivity contribution in [3.8, 4) is 0 Å². The zero-order valence-electron chi connectivity index (χ0n) is 15.6. The van der Waals surface area contributed by atoms with Crippen molar-refractivity contribution in [2.75, 3.05) is 32.1 Å². The highest BCUT2D eigenvalue weighted by Gasteiger charge is 2.23. The highest BCUT2D eigenvalue weighted by atomic mass is 16.5. The van der Waals surface area contributed by atoms with Crippen LogP contribution in [0.15, 0.2) is 59.6 Å². The van der Waals surface area contributed by atoms with Crippen LogP contribution in [0.3, 0.4) is 0 Å². The summed E-state index contributed by atoms with van der Waals surface area (Å²) in [5, 5.41) is 6.95. The van der Waals surface area contributed by atoms with E-state index >= 15 is 0 Å². The summed E-state index contributed by atoms with van der Waals surface area (Å²) in [5.41, 5.74) is 3.70. The lowest BCUT2D eigenvalue weighted by Crippen LogP contribution is -2.44. The van der Waals surface area contributed by atoms with Gasteiger partial charge in [0, 0.05) is 45.5 Å². The van der Waals surface area contributed by atoms with Crippen molar-refractivity contribution >= 4 is 11.6 Å². The standard InChI is InChI=1S/C21H28N4O/c1-22-21(23-14-17-8-10-18(11-9-17)16-26-2)24-19-12-13-25(15-19)20-6-4-3-5-7-20/h3-11,19H,12-16H2,1-2H3,(H2,22,23,24). The van der Waals surface area contributed by atoms with E-state index in [0.29, 0.717) is 12.6 Å². The van der Waals surface area contributed by atoms with Crippen molar-refractivity contribution in [3.05, 3.63) is 65.7 Å². The zero-order chi connectivity index (χ0) is 18.2. The fraction of sp³-hybridized carbons (Fsp3) is 0.381. The van der Waals surface area contributed by atoms with Gasteiger partial charge in [0.15, 0.2) is 5.96 Å². The second-order valence-corrected chi connectivity index (χ2v) is 6.59. The van der Waals surface area contributed by atoms with Crippen LogP contribution in [0, 0.1) is 0 Å². The van der Waals surface area contributed by atoms with Crippen molar-refractivity contribution in [1.82, 2.24) is 10.6 Å². The second-order valence-electron chi connectivity index (χ2n) is 6.59. The Morgan fingerprint density at radius 2 is 1.85 bits per heavy atom. The van der Waals surface area contributed by atoms with E-state index in [4.69, 9.17) is 4.74 Å². The summed E-state index contributed by atoms with van der Waals surface area (Å²) in [4.78, 5) is 6.78. The van der Waals surface area contributed by atoms with E-state index < -0.39 is 0 Å². The van der Waals surface area contributed by atoms with E-state index in [1.165, 1.54) is 16.8 Å². The number of guanidine groups is 1. The number of aliphatic imine (C=N–C) groups is 1. The number of para-hydroxylation sites is 1. The molecule has 1 heterocycles. The molecule has 0 spiro atoms. The molecule has 0 bridgehead atoms. The van der Waals surface area contributed by atoms with Gasteiger partial charge in [-0.3, -0.25) is 4.99 Å². The number of hydrogen-bond acceptors (Lipinski definition) is 3. The van der Waals surface area contributed by atoms with Crippen LogP contribution < -0.4 is 15.5 Å². The molecule has 5 nitrogen and oxygen atoms in total. The number of benzene rings is 2. The normalized spacial score (nSPS) is 17.4. The molecule has 2 aromatic carbocycles. The van der Waals surface area contributed by atoms with Crippen molar-refractivity contribution in [2.24, 2.45) is 4.99 Å². The molecule has 1 aliphatic rings. The van der Waals surface area contributed by atoms with Gasteiger partial charge < -0.3 is 20.3 Å². The van der Waals surface area contributed by atoms with Crippen LogP contribution in [0.25, 0.3) is 0 Å². The molecule has 0 saturated carbocycles. The molecule has 5 heteroatoms. The van der Waals surface area contributed by atoms with Crippen LogP contribution in [-0.2, 0) is 17.9 Å². The lowest BCUT2D eigenvalue weighted by Gasteiger charge is -2.20.